The molecule has 1 amide bonds. The van der Waals surface area contributed by atoms with Gasteiger partial charge >= 0.3 is 0 Å². The van der Waals surface area contributed by atoms with Crippen LogP contribution >= 0.6 is 11.6 Å². The van der Waals surface area contributed by atoms with E-state index in [0.717, 1.165) is 24.9 Å². The summed E-state index contributed by atoms with van der Waals surface area (Å²) >= 11 is 5.95. The van der Waals surface area contributed by atoms with Crippen LogP contribution in [0, 0.1) is 6.92 Å². The Morgan fingerprint density at radius 2 is 1.93 bits per heavy atom. The lowest BCUT2D eigenvalue weighted by Crippen LogP contribution is -2.16. The average molecular weight is 381 g/mol. The van der Waals surface area contributed by atoms with E-state index in [4.69, 9.17) is 11.6 Å². The van der Waals surface area contributed by atoms with Crippen LogP contribution in [0.15, 0.2) is 60.8 Å². The number of hydrogen-bond acceptors (Lipinski definition) is 4. The number of aryl methyl sites for hydroxylation is 2. The third kappa shape index (κ3) is 5.53. The second-order valence-electron chi connectivity index (χ2n) is 6.19. The van der Waals surface area contributed by atoms with Crippen molar-refractivity contribution in [1.29, 1.82) is 0 Å². The Kier molecular flexibility index (Phi) is 6.39. The number of carbonyl (C=O) groups is 1. The van der Waals surface area contributed by atoms with Crippen molar-refractivity contribution in [1.82, 2.24) is 9.97 Å². The first kappa shape index (κ1) is 18.9. The van der Waals surface area contributed by atoms with Gasteiger partial charge in [-0.25, -0.2) is 9.97 Å². The van der Waals surface area contributed by atoms with Crippen LogP contribution in [0.3, 0.4) is 0 Å². The van der Waals surface area contributed by atoms with E-state index in [1.165, 1.54) is 5.56 Å². The summed E-state index contributed by atoms with van der Waals surface area (Å²) in [4.78, 5) is 20.9. The van der Waals surface area contributed by atoms with Crippen LogP contribution in [0.4, 0.5) is 11.6 Å². The molecule has 138 valence electrons. The van der Waals surface area contributed by atoms with Crippen molar-refractivity contribution in [3.63, 3.8) is 0 Å². The molecule has 0 aliphatic heterocycles. The maximum Gasteiger partial charge on any atom is 0.274 e. The molecule has 5 nitrogen and oxygen atoms in total. The lowest BCUT2D eigenvalue weighted by molar-refractivity contribution is 0.102. The summed E-state index contributed by atoms with van der Waals surface area (Å²) in [6, 6.07) is 17.2. The number of benzene rings is 2. The van der Waals surface area contributed by atoms with E-state index in [9.17, 15) is 4.79 Å². The van der Waals surface area contributed by atoms with Crippen LogP contribution in [0.2, 0.25) is 5.02 Å². The molecule has 0 bridgehead atoms. The van der Waals surface area contributed by atoms with Crippen molar-refractivity contribution < 1.29 is 4.79 Å². The Bertz CT molecular complexity index is 915. The molecule has 0 radical (unpaired) electrons. The Labute approximate surface area is 163 Å². The SMILES string of the molecule is Cc1cc(Cl)ccc1NC(=O)c1ccnc(NCCCc2ccccc2)n1. The molecule has 3 rings (SSSR count). The van der Waals surface area contributed by atoms with Gasteiger partial charge in [0.05, 0.1) is 0 Å². The van der Waals surface area contributed by atoms with Crippen LogP contribution in [-0.4, -0.2) is 22.4 Å². The lowest BCUT2D eigenvalue weighted by Gasteiger charge is -2.09. The largest absolute Gasteiger partial charge is 0.354 e. The Balaban J connectivity index is 1.55. The zero-order valence-corrected chi connectivity index (χ0v) is 15.8. The van der Waals surface area contributed by atoms with E-state index in [1.807, 2.05) is 25.1 Å². The summed E-state index contributed by atoms with van der Waals surface area (Å²) in [5, 5.41) is 6.66. The molecule has 0 spiro atoms. The molecule has 3 aromatic rings. The van der Waals surface area contributed by atoms with Crippen molar-refractivity contribution in [3.8, 4) is 0 Å². The number of nitrogens with zero attached hydrogens (tertiary/aromatic N) is 2. The molecule has 0 saturated carbocycles. The minimum atomic E-state index is -0.282. The molecule has 0 aliphatic carbocycles. The highest BCUT2D eigenvalue weighted by Gasteiger charge is 2.10. The van der Waals surface area contributed by atoms with Gasteiger partial charge in [-0.15, -0.1) is 0 Å². The molecule has 0 saturated heterocycles. The minimum Gasteiger partial charge on any atom is -0.354 e. The van der Waals surface area contributed by atoms with Gasteiger partial charge in [0, 0.05) is 23.5 Å². The molecular formula is C21H21ClN4O. The van der Waals surface area contributed by atoms with Gasteiger partial charge in [0.2, 0.25) is 5.95 Å². The molecule has 0 unspecified atom stereocenters. The molecule has 0 fully saturated rings. The van der Waals surface area contributed by atoms with E-state index in [0.29, 0.717) is 22.4 Å². The van der Waals surface area contributed by atoms with Gasteiger partial charge in [0.15, 0.2) is 0 Å². The van der Waals surface area contributed by atoms with Gasteiger partial charge in [0.1, 0.15) is 5.69 Å². The van der Waals surface area contributed by atoms with Crippen molar-refractivity contribution in [3.05, 3.63) is 82.6 Å². The summed E-state index contributed by atoms with van der Waals surface area (Å²) in [6.07, 6.45) is 3.51. The molecular weight excluding hydrogens is 360 g/mol. The van der Waals surface area contributed by atoms with Crippen LogP contribution in [0.1, 0.15) is 28.0 Å². The predicted molar refractivity (Wildman–Crippen MR) is 109 cm³/mol. The Morgan fingerprint density at radius 3 is 2.70 bits per heavy atom. The average Bonchev–Trinajstić information content (AvgIpc) is 2.68. The number of aromatic nitrogens is 2. The van der Waals surface area contributed by atoms with E-state index < -0.39 is 0 Å². The van der Waals surface area contributed by atoms with Crippen LogP contribution in [-0.2, 0) is 6.42 Å². The molecule has 1 heterocycles. The van der Waals surface area contributed by atoms with Crippen molar-refractivity contribution in [2.75, 3.05) is 17.2 Å². The highest BCUT2D eigenvalue weighted by molar-refractivity contribution is 6.30. The molecule has 2 aromatic carbocycles. The van der Waals surface area contributed by atoms with E-state index in [2.05, 4.69) is 32.7 Å². The maximum atomic E-state index is 12.5. The highest BCUT2D eigenvalue weighted by atomic mass is 35.5. The minimum absolute atomic E-state index is 0.282. The van der Waals surface area contributed by atoms with Gasteiger partial charge < -0.3 is 10.6 Å². The number of halogens is 1. The predicted octanol–water partition coefficient (Wildman–Crippen LogP) is 4.74. The number of hydrogen-bond donors (Lipinski definition) is 2. The quantitative estimate of drug-likeness (QED) is 0.581. The topological polar surface area (TPSA) is 66.9 Å². The number of carbonyl (C=O) groups excluding carboxylic acids is 1. The van der Waals surface area contributed by atoms with Gasteiger partial charge in [0.25, 0.3) is 5.91 Å². The number of rotatable bonds is 7. The fraction of sp³-hybridized carbons (Fsp3) is 0.190. The normalized spacial score (nSPS) is 10.4. The molecule has 0 atom stereocenters. The molecule has 27 heavy (non-hydrogen) atoms. The fourth-order valence-corrected chi connectivity index (χ4v) is 2.89. The third-order valence-corrected chi connectivity index (χ3v) is 4.33. The molecule has 0 aliphatic rings. The fourth-order valence-electron chi connectivity index (χ4n) is 2.66. The monoisotopic (exact) mass is 380 g/mol. The van der Waals surface area contributed by atoms with Gasteiger partial charge in [-0.2, -0.15) is 0 Å². The maximum absolute atomic E-state index is 12.5. The summed E-state index contributed by atoms with van der Waals surface area (Å²) in [6.45, 7) is 2.62. The summed E-state index contributed by atoms with van der Waals surface area (Å²) in [5.74, 6) is 0.165. The van der Waals surface area contributed by atoms with Crippen LogP contribution in [0.5, 0.6) is 0 Å². The van der Waals surface area contributed by atoms with Gasteiger partial charge in [-0.05, 0) is 55.2 Å². The van der Waals surface area contributed by atoms with E-state index in [-0.39, 0.29) is 5.91 Å². The zero-order valence-electron chi connectivity index (χ0n) is 15.1. The van der Waals surface area contributed by atoms with Crippen LogP contribution < -0.4 is 10.6 Å². The second-order valence-corrected chi connectivity index (χ2v) is 6.63. The first-order valence-electron chi connectivity index (χ1n) is 8.80. The van der Waals surface area contributed by atoms with Gasteiger partial charge in [-0.3, -0.25) is 4.79 Å². The standard InChI is InChI=1S/C21H21ClN4O/c1-15-14-17(22)9-10-18(15)25-20(27)19-11-13-24-21(26-19)23-12-5-8-16-6-3-2-4-7-16/h2-4,6-7,9-11,13-14H,5,8,12H2,1H3,(H,25,27)(H,23,24,26). The first-order chi connectivity index (χ1) is 13.1. The van der Waals surface area contributed by atoms with Crippen LogP contribution in [0.25, 0.3) is 0 Å². The molecule has 2 N–H and O–H groups in total. The Hall–Kier alpha value is -2.92. The zero-order chi connectivity index (χ0) is 19.1. The molecule has 1 aromatic heterocycles. The smallest absolute Gasteiger partial charge is 0.274 e. The second kappa shape index (κ2) is 9.14. The van der Waals surface area contributed by atoms with E-state index >= 15 is 0 Å². The number of nitrogens with one attached hydrogen (secondary N) is 2. The number of anilines is 2. The summed E-state index contributed by atoms with van der Waals surface area (Å²) < 4.78 is 0. The summed E-state index contributed by atoms with van der Waals surface area (Å²) in [5.41, 5.74) is 3.21. The Morgan fingerprint density at radius 1 is 1.11 bits per heavy atom. The highest BCUT2D eigenvalue weighted by Crippen LogP contribution is 2.20. The number of amides is 1. The van der Waals surface area contributed by atoms with Crippen molar-refractivity contribution >= 4 is 29.1 Å². The third-order valence-electron chi connectivity index (χ3n) is 4.09. The van der Waals surface area contributed by atoms with Crippen molar-refractivity contribution in [2.45, 2.75) is 19.8 Å². The first-order valence-corrected chi connectivity index (χ1v) is 9.18. The van der Waals surface area contributed by atoms with Crippen molar-refractivity contribution in [2.24, 2.45) is 0 Å². The van der Waals surface area contributed by atoms with Gasteiger partial charge in [-0.1, -0.05) is 41.9 Å². The lowest BCUT2D eigenvalue weighted by atomic mass is 10.1. The molecule has 6 heteroatoms. The van der Waals surface area contributed by atoms with E-state index in [1.54, 1.807) is 30.5 Å². The summed E-state index contributed by atoms with van der Waals surface area (Å²) in [7, 11) is 0.